The first-order valence-electron chi connectivity index (χ1n) is 8.87. The van der Waals surface area contributed by atoms with Gasteiger partial charge in [0.2, 0.25) is 0 Å². The van der Waals surface area contributed by atoms with Gasteiger partial charge in [0.1, 0.15) is 17.6 Å². The van der Waals surface area contributed by atoms with Crippen LogP contribution in [0.1, 0.15) is 42.4 Å². The van der Waals surface area contributed by atoms with Crippen LogP contribution in [0.25, 0.3) is 0 Å². The van der Waals surface area contributed by atoms with Crippen molar-refractivity contribution in [1.82, 2.24) is 9.97 Å². The Bertz CT molecular complexity index is 1010. The standard InChI is InChI=1S/C22H21N5O/c1-22(2,3)16-8-10-17(11-9-16)26-21(28)19-13-25-20(14-24-19)27-18-7-5-4-6-15(18)12-23/h4-11,13-14H,1-3H3,(H,25,27)(H,26,28). The third-order valence-corrected chi connectivity index (χ3v) is 4.20. The lowest BCUT2D eigenvalue weighted by Crippen LogP contribution is -2.15. The van der Waals surface area contributed by atoms with Crippen molar-refractivity contribution < 1.29 is 4.79 Å². The number of hydrogen-bond donors (Lipinski definition) is 2. The van der Waals surface area contributed by atoms with E-state index < -0.39 is 0 Å². The van der Waals surface area contributed by atoms with Crippen LogP contribution in [0.5, 0.6) is 0 Å². The molecule has 1 amide bonds. The fourth-order valence-corrected chi connectivity index (χ4v) is 2.59. The molecule has 0 radical (unpaired) electrons. The van der Waals surface area contributed by atoms with E-state index in [2.05, 4.69) is 47.4 Å². The van der Waals surface area contributed by atoms with Crippen molar-refractivity contribution in [3.05, 3.63) is 77.7 Å². The monoisotopic (exact) mass is 371 g/mol. The first-order valence-corrected chi connectivity index (χ1v) is 8.87. The van der Waals surface area contributed by atoms with E-state index in [9.17, 15) is 4.79 Å². The highest BCUT2D eigenvalue weighted by atomic mass is 16.1. The molecular weight excluding hydrogens is 350 g/mol. The SMILES string of the molecule is CC(C)(C)c1ccc(NC(=O)c2cnc(Nc3ccccc3C#N)cn2)cc1. The molecule has 0 bridgehead atoms. The van der Waals surface area contributed by atoms with Crippen LogP contribution < -0.4 is 10.6 Å². The van der Waals surface area contributed by atoms with Crippen LogP contribution >= 0.6 is 0 Å². The Morgan fingerprint density at radius 1 is 1.00 bits per heavy atom. The number of carbonyl (C=O) groups is 1. The molecule has 2 aromatic carbocycles. The summed E-state index contributed by atoms with van der Waals surface area (Å²) in [5, 5.41) is 15.0. The lowest BCUT2D eigenvalue weighted by Gasteiger charge is -2.19. The van der Waals surface area contributed by atoms with E-state index in [1.165, 1.54) is 18.0 Å². The van der Waals surface area contributed by atoms with Crippen molar-refractivity contribution in [2.45, 2.75) is 26.2 Å². The number of aromatic nitrogens is 2. The van der Waals surface area contributed by atoms with Gasteiger partial charge in [-0.05, 0) is 35.2 Å². The number of nitrogens with one attached hydrogen (secondary N) is 2. The topological polar surface area (TPSA) is 90.7 Å². The highest BCUT2D eigenvalue weighted by molar-refractivity contribution is 6.02. The molecule has 6 nitrogen and oxygen atoms in total. The minimum atomic E-state index is -0.333. The number of carbonyl (C=O) groups excluding carboxylic acids is 1. The lowest BCUT2D eigenvalue weighted by molar-refractivity contribution is 0.102. The zero-order valence-corrected chi connectivity index (χ0v) is 16.0. The lowest BCUT2D eigenvalue weighted by atomic mass is 9.87. The molecule has 0 saturated carbocycles. The van der Waals surface area contributed by atoms with Crippen LogP contribution in [0.15, 0.2) is 60.9 Å². The summed E-state index contributed by atoms with van der Waals surface area (Å²) in [7, 11) is 0. The quantitative estimate of drug-likeness (QED) is 0.697. The van der Waals surface area contributed by atoms with Gasteiger partial charge in [-0.25, -0.2) is 9.97 Å². The summed E-state index contributed by atoms with van der Waals surface area (Å²) >= 11 is 0. The van der Waals surface area contributed by atoms with Crippen molar-refractivity contribution in [2.75, 3.05) is 10.6 Å². The van der Waals surface area contributed by atoms with Gasteiger partial charge < -0.3 is 10.6 Å². The Labute approximate surface area is 164 Å². The van der Waals surface area contributed by atoms with Gasteiger partial charge in [0.25, 0.3) is 5.91 Å². The summed E-state index contributed by atoms with van der Waals surface area (Å²) in [4.78, 5) is 20.8. The van der Waals surface area contributed by atoms with Crippen LogP contribution in [0.4, 0.5) is 17.2 Å². The molecule has 0 aliphatic heterocycles. The Balaban J connectivity index is 1.68. The smallest absolute Gasteiger partial charge is 0.275 e. The number of amides is 1. The van der Waals surface area contributed by atoms with Gasteiger partial charge in [0, 0.05) is 5.69 Å². The molecule has 0 unspecified atom stereocenters. The van der Waals surface area contributed by atoms with Crippen LogP contribution in [0.2, 0.25) is 0 Å². The Morgan fingerprint density at radius 3 is 2.32 bits per heavy atom. The molecule has 0 saturated heterocycles. The zero-order valence-electron chi connectivity index (χ0n) is 16.0. The third kappa shape index (κ3) is 4.51. The van der Waals surface area contributed by atoms with Gasteiger partial charge in [-0.1, -0.05) is 45.0 Å². The molecule has 0 atom stereocenters. The van der Waals surface area contributed by atoms with Crippen LogP contribution in [0, 0.1) is 11.3 Å². The molecule has 0 fully saturated rings. The summed E-state index contributed by atoms with van der Waals surface area (Å²) in [6.07, 6.45) is 2.86. The van der Waals surface area contributed by atoms with E-state index in [0.29, 0.717) is 22.8 Å². The van der Waals surface area contributed by atoms with Gasteiger partial charge in [0.05, 0.1) is 23.6 Å². The molecule has 1 heterocycles. The van der Waals surface area contributed by atoms with Crippen molar-refractivity contribution >= 4 is 23.1 Å². The molecular formula is C22H21N5O. The maximum atomic E-state index is 12.4. The first-order chi connectivity index (χ1) is 13.4. The molecule has 1 aromatic heterocycles. The number of nitriles is 1. The van der Waals surface area contributed by atoms with Gasteiger partial charge in [-0.15, -0.1) is 0 Å². The number of nitrogens with zero attached hydrogens (tertiary/aromatic N) is 3. The van der Waals surface area contributed by atoms with Crippen molar-refractivity contribution in [2.24, 2.45) is 0 Å². The Morgan fingerprint density at radius 2 is 1.71 bits per heavy atom. The maximum Gasteiger partial charge on any atom is 0.275 e. The molecule has 0 aliphatic carbocycles. The fourth-order valence-electron chi connectivity index (χ4n) is 2.59. The predicted molar refractivity (Wildman–Crippen MR) is 110 cm³/mol. The molecule has 0 aliphatic rings. The average Bonchev–Trinajstić information content (AvgIpc) is 2.68. The number of anilines is 3. The summed E-state index contributed by atoms with van der Waals surface area (Å²) in [5.41, 5.74) is 3.30. The molecule has 28 heavy (non-hydrogen) atoms. The normalized spacial score (nSPS) is 10.8. The minimum Gasteiger partial charge on any atom is -0.338 e. The second kappa shape index (κ2) is 7.89. The Hall–Kier alpha value is -3.72. The van der Waals surface area contributed by atoms with E-state index in [1.54, 1.807) is 18.2 Å². The number of benzene rings is 2. The highest BCUT2D eigenvalue weighted by Crippen LogP contribution is 2.23. The van der Waals surface area contributed by atoms with E-state index in [1.807, 2.05) is 30.3 Å². The van der Waals surface area contributed by atoms with Gasteiger partial charge in [0.15, 0.2) is 0 Å². The van der Waals surface area contributed by atoms with Crippen LogP contribution in [-0.2, 0) is 5.41 Å². The van der Waals surface area contributed by atoms with E-state index in [-0.39, 0.29) is 17.0 Å². The summed E-state index contributed by atoms with van der Waals surface area (Å²) in [6.45, 7) is 6.42. The van der Waals surface area contributed by atoms with Gasteiger partial charge in [-0.3, -0.25) is 4.79 Å². The van der Waals surface area contributed by atoms with E-state index >= 15 is 0 Å². The van der Waals surface area contributed by atoms with Crippen LogP contribution in [-0.4, -0.2) is 15.9 Å². The highest BCUT2D eigenvalue weighted by Gasteiger charge is 2.14. The predicted octanol–water partition coefficient (Wildman–Crippen LogP) is 4.64. The second-order valence-corrected chi connectivity index (χ2v) is 7.35. The molecule has 0 spiro atoms. The van der Waals surface area contributed by atoms with E-state index in [0.717, 1.165) is 0 Å². The van der Waals surface area contributed by atoms with Crippen molar-refractivity contribution in [1.29, 1.82) is 5.26 Å². The van der Waals surface area contributed by atoms with Crippen molar-refractivity contribution in [3.63, 3.8) is 0 Å². The maximum absolute atomic E-state index is 12.4. The number of hydrogen-bond acceptors (Lipinski definition) is 5. The molecule has 6 heteroatoms. The summed E-state index contributed by atoms with van der Waals surface area (Å²) in [5.74, 6) is 0.119. The van der Waals surface area contributed by atoms with Gasteiger partial charge in [-0.2, -0.15) is 5.26 Å². The average molecular weight is 371 g/mol. The molecule has 3 rings (SSSR count). The summed E-state index contributed by atoms with van der Waals surface area (Å²) in [6, 6.07) is 17.0. The number of rotatable bonds is 4. The molecule has 3 aromatic rings. The zero-order chi connectivity index (χ0) is 20.1. The first kappa shape index (κ1) is 19.1. The molecule has 140 valence electrons. The fraction of sp³-hybridized carbons (Fsp3) is 0.182. The largest absolute Gasteiger partial charge is 0.338 e. The number of para-hydroxylation sites is 1. The van der Waals surface area contributed by atoms with Crippen molar-refractivity contribution in [3.8, 4) is 6.07 Å². The minimum absolute atomic E-state index is 0.0566. The summed E-state index contributed by atoms with van der Waals surface area (Å²) < 4.78 is 0. The third-order valence-electron chi connectivity index (χ3n) is 4.20. The molecule has 2 N–H and O–H groups in total. The van der Waals surface area contributed by atoms with Gasteiger partial charge >= 0.3 is 0 Å². The van der Waals surface area contributed by atoms with E-state index in [4.69, 9.17) is 5.26 Å². The second-order valence-electron chi connectivity index (χ2n) is 7.35. The Kier molecular flexibility index (Phi) is 5.37. The van der Waals surface area contributed by atoms with Crippen LogP contribution in [0.3, 0.4) is 0 Å².